The van der Waals surface area contributed by atoms with Crippen LogP contribution >= 0.6 is 0 Å². The van der Waals surface area contributed by atoms with Crippen LogP contribution in [0.5, 0.6) is 5.75 Å². The lowest BCUT2D eigenvalue weighted by Crippen LogP contribution is -2.43. The molecule has 0 aliphatic rings. The molecule has 0 amide bonds. The van der Waals surface area contributed by atoms with Gasteiger partial charge in [-0.2, -0.15) is 0 Å². The highest BCUT2D eigenvalue weighted by Crippen LogP contribution is 2.37. The third-order valence-corrected chi connectivity index (χ3v) is 7.88. The summed E-state index contributed by atoms with van der Waals surface area (Å²) >= 11 is 0. The molecule has 96 valence electrons. The minimum Gasteiger partial charge on any atom is -0.543 e. The quantitative estimate of drug-likeness (QED) is 0.820. The van der Waals surface area contributed by atoms with Gasteiger partial charge >= 0.3 is 0 Å². The fraction of sp³-hybridized carbons (Fsp3) is 0.571. The molecule has 1 rings (SSSR count). The van der Waals surface area contributed by atoms with Crippen molar-refractivity contribution in [3.63, 3.8) is 0 Å². The van der Waals surface area contributed by atoms with E-state index >= 15 is 0 Å². The summed E-state index contributed by atoms with van der Waals surface area (Å²) in [7, 11) is -1.79. The van der Waals surface area contributed by atoms with Crippen LogP contribution in [0.25, 0.3) is 0 Å². The molecule has 0 unspecified atom stereocenters. The van der Waals surface area contributed by atoms with E-state index in [4.69, 9.17) is 4.43 Å². The van der Waals surface area contributed by atoms with Gasteiger partial charge in [0, 0.05) is 0 Å². The largest absolute Gasteiger partial charge is 0.543 e. The first-order chi connectivity index (χ1) is 7.63. The minimum absolute atomic E-state index is 0.188. The van der Waals surface area contributed by atoms with Crippen molar-refractivity contribution in [1.82, 2.24) is 0 Å². The Morgan fingerprint density at radius 1 is 1.24 bits per heavy atom. The predicted octanol–water partition coefficient (Wildman–Crippen LogP) is 4.12. The molecule has 0 saturated carbocycles. The van der Waals surface area contributed by atoms with Crippen molar-refractivity contribution in [1.29, 1.82) is 0 Å². The van der Waals surface area contributed by atoms with Crippen molar-refractivity contribution in [2.24, 2.45) is 0 Å². The molecular weight excluding hydrogens is 228 g/mol. The Bertz CT molecular complexity index is 378. The second kappa shape index (κ2) is 4.82. The highest BCUT2D eigenvalue weighted by Gasteiger charge is 2.38. The standard InChI is InChI=1S/C14H24O2Si/c1-11(15)12-8-7-9-13(10-12)16-17(5,6)14(2,3)4/h7-11,15H,1-6H3/t11-/m1/s1. The van der Waals surface area contributed by atoms with E-state index < -0.39 is 14.4 Å². The van der Waals surface area contributed by atoms with Crippen LogP contribution in [0.15, 0.2) is 24.3 Å². The van der Waals surface area contributed by atoms with E-state index in [1.807, 2.05) is 24.3 Å². The van der Waals surface area contributed by atoms with E-state index in [2.05, 4.69) is 33.9 Å². The lowest BCUT2D eigenvalue weighted by Gasteiger charge is -2.36. The van der Waals surface area contributed by atoms with Crippen molar-refractivity contribution in [2.45, 2.75) is 51.9 Å². The number of benzene rings is 1. The van der Waals surface area contributed by atoms with Crippen LogP contribution < -0.4 is 4.43 Å². The lowest BCUT2D eigenvalue weighted by atomic mass is 10.1. The zero-order valence-corrected chi connectivity index (χ0v) is 12.7. The highest BCUT2D eigenvalue weighted by atomic mass is 28.4. The molecule has 0 spiro atoms. The van der Waals surface area contributed by atoms with E-state index in [9.17, 15) is 5.11 Å². The number of aliphatic hydroxyl groups excluding tert-OH is 1. The normalized spacial score (nSPS) is 14.5. The molecule has 3 heteroatoms. The molecule has 0 aliphatic heterocycles. The Morgan fingerprint density at radius 2 is 1.82 bits per heavy atom. The molecule has 2 nitrogen and oxygen atoms in total. The molecule has 0 aliphatic carbocycles. The third-order valence-electron chi connectivity index (χ3n) is 3.52. The minimum atomic E-state index is -1.79. The lowest BCUT2D eigenvalue weighted by molar-refractivity contribution is 0.199. The van der Waals surface area contributed by atoms with Crippen molar-refractivity contribution in [3.05, 3.63) is 29.8 Å². The Labute approximate surface area is 106 Å². The molecule has 1 atom stereocenters. The number of hydrogen-bond acceptors (Lipinski definition) is 2. The van der Waals surface area contributed by atoms with E-state index in [1.54, 1.807) is 6.92 Å². The van der Waals surface area contributed by atoms with Crippen LogP contribution in [0.1, 0.15) is 39.4 Å². The maximum atomic E-state index is 9.56. The zero-order valence-electron chi connectivity index (χ0n) is 11.7. The fourth-order valence-electron chi connectivity index (χ4n) is 1.29. The van der Waals surface area contributed by atoms with Gasteiger partial charge in [-0.25, -0.2) is 0 Å². The van der Waals surface area contributed by atoms with Crippen molar-refractivity contribution in [3.8, 4) is 5.75 Å². The number of aliphatic hydroxyl groups is 1. The second-order valence-electron chi connectivity index (χ2n) is 6.11. The summed E-state index contributed by atoms with van der Waals surface area (Å²) in [6.45, 7) is 12.9. The summed E-state index contributed by atoms with van der Waals surface area (Å²) in [4.78, 5) is 0. The molecule has 0 bridgehead atoms. The van der Waals surface area contributed by atoms with Gasteiger partial charge in [0.15, 0.2) is 0 Å². The van der Waals surface area contributed by atoms with Crippen LogP contribution in [0.3, 0.4) is 0 Å². The molecule has 0 radical (unpaired) electrons. The van der Waals surface area contributed by atoms with Crippen LogP contribution in [0.2, 0.25) is 18.1 Å². The Balaban J connectivity index is 2.92. The molecule has 1 aromatic carbocycles. The van der Waals surface area contributed by atoms with Crippen LogP contribution in [-0.2, 0) is 0 Å². The van der Waals surface area contributed by atoms with Gasteiger partial charge in [-0.1, -0.05) is 32.9 Å². The average Bonchev–Trinajstić information content (AvgIpc) is 2.15. The van der Waals surface area contributed by atoms with E-state index in [0.717, 1.165) is 11.3 Å². The predicted molar refractivity (Wildman–Crippen MR) is 74.9 cm³/mol. The summed E-state index contributed by atoms with van der Waals surface area (Å²) < 4.78 is 6.18. The second-order valence-corrected chi connectivity index (χ2v) is 10.8. The number of hydrogen-bond donors (Lipinski definition) is 1. The molecule has 0 aromatic heterocycles. The van der Waals surface area contributed by atoms with Gasteiger partial charge in [0.1, 0.15) is 5.75 Å². The average molecular weight is 252 g/mol. The molecule has 0 heterocycles. The fourth-order valence-corrected chi connectivity index (χ4v) is 2.31. The van der Waals surface area contributed by atoms with Crippen LogP contribution in [0.4, 0.5) is 0 Å². The monoisotopic (exact) mass is 252 g/mol. The summed E-state index contributed by atoms with van der Waals surface area (Å²) in [5, 5.41) is 9.75. The van der Waals surface area contributed by atoms with Gasteiger partial charge in [-0.15, -0.1) is 0 Å². The van der Waals surface area contributed by atoms with Gasteiger partial charge in [-0.3, -0.25) is 0 Å². The summed E-state index contributed by atoms with van der Waals surface area (Å²) in [6, 6.07) is 7.76. The summed E-state index contributed by atoms with van der Waals surface area (Å²) in [5.74, 6) is 0.870. The SMILES string of the molecule is C[C@@H](O)c1cccc(O[Si](C)(C)C(C)(C)C)c1. The van der Waals surface area contributed by atoms with E-state index in [0.29, 0.717) is 0 Å². The van der Waals surface area contributed by atoms with Gasteiger partial charge in [0.05, 0.1) is 6.10 Å². The maximum absolute atomic E-state index is 9.56. The molecule has 0 saturated heterocycles. The van der Waals surface area contributed by atoms with Crippen molar-refractivity contribution >= 4 is 8.32 Å². The van der Waals surface area contributed by atoms with E-state index in [-0.39, 0.29) is 5.04 Å². The number of rotatable bonds is 3. The highest BCUT2D eigenvalue weighted by molar-refractivity contribution is 6.74. The maximum Gasteiger partial charge on any atom is 0.250 e. The Hall–Kier alpha value is -0.803. The van der Waals surface area contributed by atoms with Crippen molar-refractivity contribution in [2.75, 3.05) is 0 Å². The molecule has 1 N–H and O–H groups in total. The topological polar surface area (TPSA) is 29.5 Å². The molecule has 17 heavy (non-hydrogen) atoms. The van der Waals surface area contributed by atoms with E-state index in [1.165, 1.54) is 0 Å². The van der Waals surface area contributed by atoms with Crippen LogP contribution in [0, 0.1) is 0 Å². The smallest absolute Gasteiger partial charge is 0.250 e. The Morgan fingerprint density at radius 3 is 2.29 bits per heavy atom. The third kappa shape index (κ3) is 3.58. The van der Waals surface area contributed by atoms with Gasteiger partial charge < -0.3 is 9.53 Å². The molecular formula is C14H24O2Si. The molecule has 0 fully saturated rings. The van der Waals surface area contributed by atoms with Gasteiger partial charge in [-0.05, 0) is 42.8 Å². The first kappa shape index (κ1) is 14.3. The van der Waals surface area contributed by atoms with Gasteiger partial charge in [0.25, 0.3) is 0 Å². The van der Waals surface area contributed by atoms with Gasteiger partial charge in [0.2, 0.25) is 8.32 Å². The zero-order chi connectivity index (χ0) is 13.3. The van der Waals surface area contributed by atoms with Crippen molar-refractivity contribution < 1.29 is 9.53 Å². The van der Waals surface area contributed by atoms with Crippen LogP contribution in [-0.4, -0.2) is 13.4 Å². The summed E-state index contributed by atoms with van der Waals surface area (Å²) in [6.07, 6.45) is -0.446. The first-order valence-corrected chi connectivity index (χ1v) is 9.01. The first-order valence-electron chi connectivity index (χ1n) is 6.10. The summed E-state index contributed by atoms with van der Waals surface area (Å²) in [5.41, 5.74) is 0.904. The molecule has 1 aromatic rings. The Kier molecular flexibility index (Phi) is 4.05.